The van der Waals surface area contributed by atoms with Crippen molar-refractivity contribution in [2.75, 3.05) is 0 Å². The molecule has 0 unspecified atom stereocenters. The summed E-state index contributed by atoms with van der Waals surface area (Å²) in [6.45, 7) is 1.84. The lowest BCUT2D eigenvalue weighted by Crippen LogP contribution is -2.46. The fourth-order valence-corrected chi connectivity index (χ4v) is 3.82. The van der Waals surface area contributed by atoms with E-state index in [1.54, 1.807) is 22.8 Å². The van der Waals surface area contributed by atoms with E-state index in [0.29, 0.717) is 17.9 Å². The van der Waals surface area contributed by atoms with E-state index in [0.717, 1.165) is 31.4 Å². The minimum absolute atomic E-state index is 0.0759. The number of hydrogen-bond acceptors (Lipinski definition) is 3. The predicted molar refractivity (Wildman–Crippen MR) is 75.9 cm³/mol. The van der Waals surface area contributed by atoms with Crippen LogP contribution < -0.4 is 0 Å². The number of carbonyl (C=O) groups excluding carboxylic acids is 1. The topological polar surface area (TPSA) is 75.4 Å². The number of amides is 1. The van der Waals surface area contributed by atoms with Gasteiger partial charge in [-0.1, -0.05) is 12.8 Å². The number of carboxylic acid groups (broad SMARTS) is 1. The van der Waals surface area contributed by atoms with E-state index >= 15 is 0 Å². The molecule has 1 aromatic rings. The largest absolute Gasteiger partial charge is 0.480 e. The van der Waals surface area contributed by atoms with Gasteiger partial charge in [0.15, 0.2) is 0 Å². The highest BCUT2D eigenvalue weighted by Gasteiger charge is 2.48. The van der Waals surface area contributed by atoms with Gasteiger partial charge < -0.3 is 10.0 Å². The van der Waals surface area contributed by atoms with Crippen LogP contribution in [0, 0.1) is 12.8 Å². The van der Waals surface area contributed by atoms with Crippen LogP contribution in [0.3, 0.4) is 0 Å². The number of hydrogen-bond donors (Lipinski definition) is 1. The third-order valence-electron chi connectivity index (χ3n) is 5.07. The molecule has 1 aliphatic heterocycles. The third-order valence-corrected chi connectivity index (χ3v) is 5.07. The number of aliphatic carboxylic acids is 1. The highest BCUT2D eigenvalue weighted by atomic mass is 16.4. The summed E-state index contributed by atoms with van der Waals surface area (Å²) < 4.78 is 1.65. The van der Waals surface area contributed by atoms with Gasteiger partial charge in [0.1, 0.15) is 6.04 Å². The van der Waals surface area contributed by atoms with Crippen molar-refractivity contribution in [1.29, 1.82) is 0 Å². The van der Waals surface area contributed by atoms with Crippen LogP contribution in [0.1, 0.15) is 48.2 Å². The number of carbonyl (C=O) groups is 2. The lowest BCUT2D eigenvalue weighted by molar-refractivity contribution is -0.141. The maximum Gasteiger partial charge on any atom is 0.326 e. The summed E-state index contributed by atoms with van der Waals surface area (Å²) in [5.74, 6) is -0.734. The standard InChI is InChI=1S/C15H21N3O3/c1-9-11(8-16-17(9)2)14(19)18-12-6-4-3-5-10(12)7-13(18)15(20)21/h8,10,12-13H,3-7H2,1-2H3,(H,20,21)/t10-,12+,13+/m1/s1. The van der Waals surface area contributed by atoms with Crippen LogP contribution >= 0.6 is 0 Å². The Morgan fingerprint density at radius 2 is 2.05 bits per heavy atom. The van der Waals surface area contributed by atoms with Gasteiger partial charge in [0.05, 0.1) is 11.8 Å². The molecule has 3 atom stereocenters. The quantitative estimate of drug-likeness (QED) is 0.897. The molecule has 2 heterocycles. The fourth-order valence-electron chi connectivity index (χ4n) is 3.82. The monoisotopic (exact) mass is 291 g/mol. The van der Waals surface area contributed by atoms with E-state index in [1.165, 1.54) is 0 Å². The molecule has 0 spiro atoms. The molecular weight excluding hydrogens is 270 g/mol. The second kappa shape index (κ2) is 5.16. The number of aryl methyl sites for hydroxylation is 1. The highest BCUT2D eigenvalue weighted by Crippen LogP contribution is 2.40. The van der Waals surface area contributed by atoms with Crippen molar-refractivity contribution in [2.45, 2.75) is 51.1 Å². The average Bonchev–Trinajstić information content (AvgIpc) is 3.00. The lowest BCUT2D eigenvalue weighted by Gasteiger charge is -2.32. The van der Waals surface area contributed by atoms with E-state index in [-0.39, 0.29) is 11.9 Å². The number of likely N-dealkylation sites (tertiary alicyclic amines) is 1. The van der Waals surface area contributed by atoms with Gasteiger partial charge in [0.2, 0.25) is 0 Å². The number of fused-ring (bicyclic) bond motifs is 1. The molecular formula is C15H21N3O3. The summed E-state index contributed by atoms with van der Waals surface area (Å²) in [7, 11) is 1.79. The first-order valence-corrected chi connectivity index (χ1v) is 7.54. The minimum Gasteiger partial charge on any atom is -0.480 e. The van der Waals surface area contributed by atoms with Crippen LogP contribution in [0.2, 0.25) is 0 Å². The molecule has 1 aromatic heterocycles. The van der Waals surface area contributed by atoms with Crippen LogP contribution in [-0.2, 0) is 11.8 Å². The van der Waals surface area contributed by atoms with Gasteiger partial charge in [0, 0.05) is 18.8 Å². The molecule has 0 radical (unpaired) electrons. The fraction of sp³-hybridized carbons (Fsp3) is 0.667. The summed E-state index contributed by atoms with van der Waals surface area (Å²) >= 11 is 0. The maximum atomic E-state index is 12.9. The predicted octanol–water partition coefficient (Wildman–Crippen LogP) is 1.59. The Bertz CT molecular complexity index is 581. The average molecular weight is 291 g/mol. The third kappa shape index (κ3) is 2.22. The molecule has 6 heteroatoms. The van der Waals surface area contributed by atoms with Gasteiger partial charge in [-0.2, -0.15) is 5.10 Å². The second-order valence-corrected chi connectivity index (χ2v) is 6.18. The molecule has 1 saturated carbocycles. The van der Waals surface area contributed by atoms with Gasteiger partial charge >= 0.3 is 5.97 Å². The number of aromatic nitrogens is 2. The summed E-state index contributed by atoms with van der Waals surface area (Å²) in [4.78, 5) is 26.0. The summed E-state index contributed by atoms with van der Waals surface area (Å²) in [6, 6.07) is -0.614. The maximum absolute atomic E-state index is 12.9. The Kier molecular flexibility index (Phi) is 3.47. The van der Waals surface area contributed by atoms with Crippen LogP contribution in [0.4, 0.5) is 0 Å². The smallest absolute Gasteiger partial charge is 0.326 e. The Labute approximate surface area is 123 Å². The molecule has 0 bridgehead atoms. The highest BCUT2D eigenvalue weighted by molar-refractivity contribution is 5.98. The first-order valence-electron chi connectivity index (χ1n) is 7.54. The molecule has 1 amide bonds. The van der Waals surface area contributed by atoms with Crippen molar-refractivity contribution < 1.29 is 14.7 Å². The van der Waals surface area contributed by atoms with Crippen LogP contribution in [-0.4, -0.2) is 43.7 Å². The molecule has 1 aliphatic carbocycles. The first kappa shape index (κ1) is 14.1. The molecule has 1 saturated heterocycles. The first-order chi connectivity index (χ1) is 10.0. The molecule has 0 aromatic carbocycles. The van der Waals surface area contributed by atoms with Gasteiger partial charge in [0.25, 0.3) is 5.91 Å². The Morgan fingerprint density at radius 3 is 2.67 bits per heavy atom. The van der Waals surface area contributed by atoms with E-state index in [1.807, 2.05) is 6.92 Å². The van der Waals surface area contributed by atoms with Crippen molar-refractivity contribution in [2.24, 2.45) is 13.0 Å². The van der Waals surface area contributed by atoms with Crippen molar-refractivity contribution in [1.82, 2.24) is 14.7 Å². The van der Waals surface area contributed by atoms with Crippen molar-refractivity contribution in [3.8, 4) is 0 Å². The van der Waals surface area contributed by atoms with Gasteiger partial charge in [-0.3, -0.25) is 9.48 Å². The second-order valence-electron chi connectivity index (χ2n) is 6.18. The molecule has 3 rings (SSSR count). The SMILES string of the molecule is Cc1c(C(=O)N2[C@H](C(=O)O)C[C@H]3CCCC[C@@H]32)cnn1C. The Hall–Kier alpha value is -1.85. The lowest BCUT2D eigenvalue weighted by atomic mass is 9.84. The normalized spacial score (nSPS) is 28.5. The molecule has 2 aliphatic rings. The van der Waals surface area contributed by atoms with E-state index in [2.05, 4.69) is 5.10 Å². The Morgan fingerprint density at radius 1 is 1.33 bits per heavy atom. The zero-order chi connectivity index (χ0) is 15.1. The zero-order valence-corrected chi connectivity index (χ0v) is 12.5. The van der Waals surface area contributed by atoms with Crippen molar-refractivity contribution in [3.05, 3.63) is 17.5 Å². The number of carboxylic acids is 1. The Balaban J connectivity index is 1.94. The van der Waals surface area contributed by atoms with E-state index in [4.69, 9.17) is 0 Å². The van der Waals surface area contributed by atoms with Crippen LogP contribution in [0.5, 0.6) is 0 Å². The summed E-state index contributed by atoms with van der Waals surface area (Å²) in [5.41, 5.74) is 1.30. The number of nitrogens with zero attached hydrogens (tertiary/aromatic N) is 3. The van der Waals surface area contributed by atoms with Gasteiger partial charge in [-0.15, -0.1) is 0 Å². The molecule has 21 heavy (non-hydrogen) atoms. The summed E-state index contributed by atoms with van der Waals surface area (Å²) in [5, 5.41) is 13.6. The van der Waals surface area contributed by atoms with Crippen LogP contribution in [0.25, 0.3) is 0 Å². The van der Waals surface area contributed by atoms with E-state index in [9.17, 15) is 14.7 Å². The number of rotatable bonds is 2. The summed E-state index contributed by atoms with van der Waals surface area (Å²) in [6.07, 6.45) is 6.30. The zero-order valence-electron chi connectivity index (χ0n) is 12.5. The van der Waals surface area contributed by atoms with Crippen LogP contribution in [0.15, 0.2) is 6.20 Å². The minimum atomic E-state index is -0.890. The van der Waals surface area contributed by atoms with Crippen molar-refractivity contribution in [3.63, 3.8) is 0 Å². The molecule has 6 nitrogen and oxygen atoms in total. The van der Waals surface area contributed by atoms with Gasteiger partial charge in [-0.25, -0.2) is 4.79 Å². The molecule has 2 fully saturated rings. The van der Waals surface area contributed by atoms with Crippen molar-refractivity contribution >= 4 is 11.9 Å². The van der Waals surface area contributed by atoms with E-state index < -0.39 is 12.0 Å². The molecule has 114 valence electrons. The van der Waals surface area contributed by atoms with Gasteiger partial charge in [-0.05, 0) is 32.1 Å². The molecule has 1 N–H and O–H groups in total.